The Labute approximate surface area is 87.1 Å². The Morgan fingerprint density at radius 1 is 1.20 bits per heavy atom. The van der Waals surface area contributed by atoms with Gasteiger partial charge in [0.2, 0.25) is 0 Å². The van der Waals surface area contributed by atoms with Gasteiger partial charge in [-0.25, -0.2) is 0 Å². The quantitative estimate of drug-likeness (QED) is 0.683. The first-order valence-corrected chi connectivity index (χ1v) is 4.90. The molecular weight excluding hydrogens is 225 g/mol. The molecule has 78 valence electrons. The number of rotatable bonds is 1. The van der Waals surface area contributed by atoms with E-state index in [4.69, 9.17) is 0 Å². The van der Waals surface area contributed by atoms with Crippen LogP contribution >= 0.6 is 11.3 Å². The topological polar surface area (TPSA) is 17.1 Å². The van der Waals surface area contributed by atoms with Crippen LogP contribution in [0.4, 0.5) is 13.2 Å². The number of alkyl halides is 3. The van der Waals surface area contributed by atoms with Crippen molar-refractivity contribution in [2.24, 2.45) is 0 Å². The Bertz CT molecular complexity index is 480. The lowest BCUT2D eigenvalue weighted by atomic mass is 10.2. The fourth-order valence-electron chi connectivity index (χ4n) is 1.23. The fourth-order valence-corrected chi connectivity index (χ4v) is 2.26. The van der Waals surface area contributed by atoms with Crippen LogP contribution < -0.4 is 0 Å². The van der Waals surface area contributed by atoms with Crippen LogP contribution in [0, 0.1) is 0 Å². The normalized spacial score (nSPS) is 11.9. The Balaban J connectivity index is 2.50. The second kappa shape index (κ2) is 3.34. The molecule has 1 aromatic heterocycles. The van der Waals surface area contributed by atoms with Crippen molar-refractivity contribution in [1.29, 1.82) is 0 Å². The molecule has 1 heterocycles. The predicted octanol–water partition coefficient (Wildman–Crippen LogP) is 3.65. The molecule has 0 saturated heterocycles. The molecule has 15 heavy (non-hydrogen) atoms. The summed E-state index contributed by atoms with van der Waals surface area (Å²) < 4.78 is 37.0. The summed E-state index contributed by atoms with van der Waals surface area (Å²) in [6.07, 6.45) is -4.79. The van der Waals surface area contributed by atoms with E-state index in [0.717, 1.165) is 11.3 Å². The molecule has 0 aliphatic carbocycles. The van der Waals surface area contributed by atoms with Gasteiger partial charge in [-0.2, -0.15) is 13.2 Å². The van der Waals surface area contributed by atoms with Gasteiger partial charge in [0.05, 0.1) is 4.88 Å². The Morgan fingerprint density at radius 2 is 1.87 bits per heavy atom. The average Bonchev–Trinajstić information content (AvgIpc) is 2.58. The lowest BCUT2D eigenvalue weighted by Crippen LogP contribution is -2.21. The molecule has 0 N–H and O–H groups in total. The highest BCUT2D eigenvalue weighted by molar-refractivity contribution is 7.20. The Hall–Kier alpha value is -1.36. The molecule has 1 aromatic carbocycles. The SMILES string of the molecule is O=C(c1cc2ccccc2s1)C(F)(F)F. The third-order valence-electron chi connectivity index (χ3n) is 1.91. The molecule has 2 aromatic rings. The van der Waals surface area contributed by atoms with Gasteiger partial charge in [-0.15, -0.1) is 11.3 Å². The van der Waals surface area contributed by atoms with Crippen LogP contribution in [-0.2, 0) is 0 Å². The Morgan fingerprint density at radius 3 is 2.47 bits per heavy atom. The minimum Gasteiger partial charge on any atom is -0.283 e. The van der Waals surface area contributed by atoms with Crippen molar-refractivity contribution in [1.82, 2.24) is 0 Å². The molecular formula is C10H5F3OS. The summed E-state index contributed by atoms with van der Waals surface area (Å²) in [6, 6.07) is 8.08. The van der Waals surface area contributed by atoms with Gasteiger partial charge in [0.25, 0.3) is 5.78 Å². The lowest BCUT2D eigenvalue weighted by Gasteiger charge is -2.00. The molecule has 1 nitrogen and oxygen atoms in total. The van der Waals surface area contributed by atoms with E-state index in [1.807, 2.05) is 0 Å². The van der Waals surface area contributed by atoms with Gasteiger partial charge in [-0.3, -0.25) is 4.79 Å². The van der Waals surface area contributed by atoms with Crippen LogP contribution in [0.5, 0.6) is 0 Å². The molecule has 0 radical (unpaired) electrons. The van der Waals surface area contributed by atoms with Crippen molar-refractivity contribution in [2.45, 2.75) is 6.18 Å². The summed E-state index contributed by atoms with van der Waals surface area (Å²) in [4.78, 5) is 10.7. The highest BCUT2D eigenvalue weighted by atomic mass is 32.1. The zero-order valence-electron chi connectivity index (χ0n) is 7.34. The predicted molar refractivity (Wildman–Crippen MR) is 52.2 cm³/mol. The summed E-state index contributed by atoms with van der Waals surface area (Å²) in [5.74, 6) is -1.77. The van der Waals surface area contributed by atoms with E-state index >= 15 is 0 Å². The molecule has 0 bridgehead atoms. The first-order valence-electron chi connectivity index (χ1n) is 4.08. The largest absolute Gasteiger partial charge is 0.455 e. The third kappa shape index (κ3) is 1.87. The molecule has 2 rings (SSSR count). The second-order valence-electron chi connectivity index (χ2n) is 2.98. The first-order chi connectivity index (χ1) is 6.98. The van der Waals surface area contributed by atoms with Crippen LogP contribution in [0.2, 0.25) is 0 Å². The zero-order chi connectivity index (χ0) is 11.1. The van der Waals surface area contributed by atoms with Crippen molar-refractivity contribution in [2.75, 3.05) is 0 Å². The minimum absolute atomic E-state index is 0.260. The number of benzene rings is 1. The fraction of sp³-hybridized carbons (Fsp3) is 0.100. The number of ketones is 1. The smallest absolute Gasteiger partial charge is 0.283 e. The van der Waals surface area contributed by atoms with Crippen molar-refractivity contribution >= 4 is 27.2 Å². The van der Waals surface area contributed by atoms with E-state index in [1.165, 1.54) is 6.07 Å². The molecule has 0 aliphatic heterocycles. The molecule has 5 heteroatoms. The van der Waals surface area contributed by atoms with Crippen LogP contribution in [0.1, 0.15) is 9.67 Å². The third-order valence-corrected chi connectivity index (χ3v) is 3.02. The second-order valence-corrected chi connectivity index (χ2v) is 4.06. The van der Waals surface area contributed by atoms with E-state index in [9.17, 15) is 18.0 Å². The molecule has 0 spiro atoms. The van der Waals surface area contributed by atoms with Gasteiger partial charge in [0, 0.05) is 4.70 Å². The van der Waals surface area contributed by atoms with Crippen molar-refractivity contribution in [3.63, 3.8) is 0 Å². The standard InChI is InChI=1S/C10H5F3OS/c11-10(12,13)9(14)8-5-6-3-1-2-4-7(6)15-8/h1-5H. The number of hydrogen-bond donors (Lipinski definition) is 0. The van der Waals surface area contributed by atoms with Crippen LogP contribution in [-0.4, -0.2) is 12.0 Å². The lowest BCUT2D eigenvalue weighted by molar-refractivity contribution is -0.0882. The van der Waals surface area contributed by atoms with Gasteiger partial charge in [-0.05, 0) is 17.5 Å². The van der Waals surface area contributed by atoms with E-state index in [0.29, 0.717) is 10.1 Å². The van der Waals surface area contributed by atoms with E-state index in [-0.39, 0.29) is 4.88 Å². The number of halogens is 3. The molecule has 0 saturated carbocycles. The van der Waals surface area contributed by atoms with Crippen LogP contribution in [0.3, 0.4) is 0 Å². The summed E-state index contributed by atoms with van der Waals surface area (Å²) >= 11 is 0.863. The van der Waals surface area contributed by atoms with Gasteiger partial charge >= 0.3 is 6.18 Å². The van der Waals surface area contributed by atoms with Gasteiger partial charge in [-0.1, -0.05) is 18.2 Å². The maximum Gasteiger partial charge on any atom is 0.455 e. The first kappa shape index (κ1) is 10.2. The minimum atomic E-state index is -4.79. The summed E-state index contributed by atoms with van der Waals surface area (Å²) in [6.45, 7) is 0. The number of fused-ring (bicyclic) bond motifs is 1. The van der Waals surface area contributed by atoms with Gasteiger partial charge in [0.1, 0.15) is 0 Å². The Kier molecular flexibility index (Phi) is 2.26. The maximum absolute atomic E-state index is 12.1. The summed E-state index contributed by atoms with van der Waals surface area (Å²) in [7, 11) is 0. The van der Waals surface area contributed by atoms with Gasteiger partial charge in [0.15, 0.2) is 0 Å². The molecule has 0 aliphatic rings. The molecule has 0 unspecified atom stereocenters. The maximum atomic E-state index is 12.1. The molecule has 0 atom stereocenters. The number of carbonyl (C=O) groups excluding carboxylic acids is 1. The number of hydrogen-bond acceptors (Lipinski definition) is 2. The van der Waals surface area contributed by atoms with Crippen LogP contribution in [0.15, 0.2) is 30.3 Å². The van der Waals surface area contributed by atoms with Crippen molar-refractivity contribution in [3.8, 4) is 0 Å². The number of Topliss-reactive ketones (excluding diaryl/α,β-unsaturated/α-hetero) is 1. The van der Waals surface area contributed by atoms with E-state index < -0.39 is 12.0 Å². The average molecular weight is 230 g/mol. The molecule has 0 amide bonds. The number of carbonyl (C=O) groups is 1. The zero-order valence-corrected chi connectivity index (χ0v) is 8.15. The van der Waals surface area contributed by atoms with Gasteiger partial charge < -0.3 is 0 Å². The highest BCUT2D eigenvalue weighted by Gasteiger charge is 2.40. The summed E-state index contributed by atoms with van der Waals surface area (Å²) in [5.41, 5.74) is 0. The molecule has 0 fully saturated rings. The van der Waals surface area contributed by atoms with E-state index in [2.05, 4.69) is 0 Å². The van der Waals surface area contributed by atoms with E-state index in [1.54, 1.807) is 24.3 Å². The summed E-state index contributed by atoms with van der Waals surface area (Å²) in [5, 5.41) is 0.662. The van der Waals surface area contributed by atoms with Crippen molar-refractivity contribution in [3.05, 3.63) is 35.2 Å². The monoisotopic (exact) mass is 230 g/mol. The highest BCUT2D eigenvalue weighted by Crippen LogP contribution is 2.30. The van der Waals surface area contributed by atoms with Crippen molar-refractivity contribution < 1.29 is 18.0 Å². The number of thiophene rings is 1. The van der Waals surface area contributed by atoms with Crippen LogP contribution in [0.25, 0.3) is 10.1 Å².